The Hall–Kier alpha value is -2.54. The van der Waals surface area contributed by atoms with Crippen molar-refractivity contribution in [2.75, 3.05) is 5.32 Å². The Morgan fingerprint density at radius 1 is 1.28 bits per heavy atom. The van der Waals surface area contributed by atoms with Crippen LogP contribution in [0.4, 0.5) is 5.69 Å². The van der Waals surface area contributed by atoms with E-state index in [-0.39, 0.29) is 5.91 Å². The molecule has 0 aliphatic heterocycles. The van der Waals surface area contributed by atoms with Crippen molar-refractivity contribution in [3.05, 3.63) is 52.2 Å². The molecule has 1 aliphatic carbocycles. The number of tetrazole rings is 1. The number of benzene rings is 1. The van der Waals surface area contributed by atoms with Crippen molar-refractivity contribution in [2.24, 2.45) is 0 Å². The molecular weight excluding hydrogens is 334 g/mol. The number of hydrogen-bond acceptors (Lipinski definition) is 5. The van der Waals surface area contributed by atoms with Crippen molar-refractivity contribution in [3.8, 4) is 5.00 Å². The number of para-hydroxylation sites is 1. The highest BCUT2D eigenvalue weighted by Crippen LogP contribution is 2.38. The van der Waals surface area contributed by atoms with Crippen molar-refractivity contribution >= 4 is 22.9 Å². The summed E-state index contributed by atoms with van der Waals surface area (Å²) in [5, 5.41) is 15.3. The van der Waals surface area contributed by atoms with Gasteiger partial charge in [-0.1, -0.05) is 32.0 Å². The average Bonchev–Trinajstić information content (AvgIpc) is 3.31. The van der Waals surface area contributed by atoms with E-state index < -0.39 is 0 Å². The zero-order valence-electron chi connectivity index (χ0n) is 14.2. The second-order valence-corrected chi connectivity index (χ2v) is 7.57. The van der Waals surface area contributed by atoms with E-state index in [1.807, 2.05) is 18.2 Å². The van der Waals surface area contributed by atoms with E-state index >= 15 is 0 Å². The van der Waals surface area contributed by atoms with Gasteiger partial charge in [-0.05, 0) is 52.8 Å². The summed E-state index contributed by atoms with van der Waals surface area (Å²) in [4.78, 5) is 14.4. The Balaban J connectivity index is 1.74. The molecule has 0 saturated carbocycles. The van der Waals surface area contributed by atoms with Crippen molar-refractivity contribution < 1.29 is 4.79 Å². The zero-order chi connectivity index (χ0) is 17.4. The molecule has 1 aliphatic rings. The molecule has 4 rings (SSSR count). The van der Waals surface area contributed by atoms with Crippen LogP contribution in [0.1, 0.15) is 52.5 Å². The van der Waals surface area contributed by atoms with Gasteiger partial charge in [-0.25, -0.2) is 0 Å². The third-order valence-electron chi connectivity index (χ3n) is 4.52. The molecule has 0 bridgehead atoms. The second-order valence-electron chi connectivity index (χ2n) is 6.49. The molecule has 0 radical (unpaired) electrons. The largest absolute Gasteiger partial charge is 0.322 e. The van der Waals surface area contributed by atoms with Crippen LogP contribution in [-0.4, -0.2) is 26.1 Å². The smallest absolute Gasteiger partial charge is 0.259 e. The lowest BCUT2D eigenvalue weighted by molar-refractivity contribution is 0.102. The third kappa shape index (κ3) is 2.84. The van der Waals surface area contributed by atoms with Gasteiger partial charge < -0.3 is 5.32 Å². The van der Waals surface area contributed by atoms with Gasteiger partial charge >= 0.3 is 0 Å². The van der Waals surface area contributed by atoms with E-state index in [0.717, 1.165) is 41.1 Å². The Bertz CT molecular complexity index is 914. The van der Waals surface area contributed by atoms with E-state index in [4.69, 9.17) is 0 Å². The quantitative estimate of drug-likeness (QED) is 0.778. The summed E-state index contributed by atoms with van der Waals surface area (Å²) in [6, 6.07) is 7.96. The number of nitrogens with one attached hydrogen (secondary N) is 1. The molecule has 128 valence electrons. The summed E-state index contributed by atoms with van der Waals surface area (Å²) in [5.41, 5.74) is 3.85. The maximum absolute atomic E-state index is 13.1. The monoisotopic (exact) mass is 353 g/mol. The highest BCUT2D eigenvalue weighted by atomic mass is 32.1. The first-order valence-corrected chi connectivity index (χ1v) is 9.25. The van der Waals surface area contributed by atoms with Crippen LogP contribution in [0, 0.1) is 0 Å². The minimum Gasteiger partial charge on any atom is -0.322 e. The Kier molecular flexibility index (Phi) is 4.09. The van der Waals surface area contributed by atoms with Crippen LogP contribution in [0.15, 0.2) is 30.6 Å². The lowest BCUT2D eigenvalue weighted by atomic mass is 10.0. The molecule has 3 aromatic rings. The molecule has 25 heavy (non-hydrogen) atoms. The van der Waals surface area contributed by atoms with Crippen LogP contribution in [0.5, 0.6) is 0 Å². The summed E-state index contributed by atoms with van der Waals surface area (Å²) in [6.45, 7) is 4.25. The van der Waals surface area contributed by atoms with E-state index in [9.17, 15) is 4.79 Å². The molecule has 0 saturated heterocycles. The number of amides is 1. The van der Waals surface area contributed by atoms with Crippen LogP contribution in [0.3, 0.4) is 0 Å². The molecule has 2 heterocycles. The lowest BCUT2D eigenvalue weighted by Gasteiger charge is -2.14. The number of hydrogen-bond donors (Lipinski definition) is 1. The highest BCUT2D eigenvalue weighted by molar-refractivity contribution is 7.15. The molecule has 7 heteroatoms. The van der Waals surface area contributed by atoms with Gasteiger partial charge in [-0.15, -0.1) is 16.4 Å². The minimum atomic E-state index is -0.0852. The number of nitrogens with zero attached hydrogens (tertiary/aromatic N) is 4. The van der Waals surface area contributed by atoms with Crippen LogP contribution in [-0.2, 0) is 12.8 Å². The van der Waals surface area contributed by atoms with Crippen molar-refractivity contribution in [3.63, 3.8) is 0 Å². The van der Waals surface area contributed by atoms with Crippen LogP contribution in [0.2, 0.25) is 0 Å². The summed E-state index contributed by atoms with van der Waals surface area (Å²) < 4.78 is 1.59. The average molecular weight is 353 g/mol. The predicted octanol–water partition coefficient (Wildman–Crippen LogP) is 3.59. The van der Waals surface area contributed by atoms with Gasteiger partial charge in [0.25, 0.3) is 5.91 Å². The first-order valence-electron chi connectivity index (χ1n) is 8.43. The SMILES string of the molecule is CC(C)c1ccccc1NC(=O)c1c(-n2cnnn2)sc2c1CCC2. The molecule has 2 aromatic heterocycles. The van der Waals surface area contributed by atoms with Crippen molar-refractivity contribution in [1.82, 2.24) is 20.2 Å². The fourth-order valence-electron chi connectivity index (χ4n) is 3.34. The Labute approximate surface area is 149 Å². The first-order chi connectivity index (χ1) is 12.1. The van der Waals surface area contributed by atoms with Gasteiger partial charge in [0.05, 0.1) is 5.56 Å². The van der Waals surface area contributed by atoms with Crippen LogP contribution < -0.4 is 5.32 Å². The van der Waals surface area contributed by atoms with Crippen molar-refractivity contribution in [1.29, 1.82) is 0 Å². The van der Waals surface area contributed by atoms with Gasteiger partial charge in [-0.3, -0.25) is 4.79 Å². The molecule has 0 atom stereocenters. The molecule has 0 fully saturated rings. The zero-order valence-corrected chi connectivity index (χ0v) is 15.0. The standard InChI is InChI=1S/C18H19N5OS/c1-11(2)12-6-3-4-8-14(12)20-17(24)16-13-7-5-9-15(13)25-18(16)23-10-19-21-22-23/h3-4,6,8,10-11H,5,7,9H2,1-2H3,(H,20,24). The second kappa shape index (κ2) is 6.40. The Morgan fingerprint density at radius 3 is 2.88 bits per heavy atom. The number of rotatable bonds is 4. The van der Waals surface area contributed by atoms with Gasteiger partial charge in [0.15, 0.2) is 0 Å². The number of thiophene rings is 1. The molecule has 6 nitrogen and oxygen atoms in total. The summed E-state index contributed by atoms with van der Waals surface area (Å²) in [5.74, 6) is 0.252. The summed E-state index contributed by atoms with van der Waals surface area (Å²) >= 11 is 1.62. The molecular formula is C18H19N5OS. The number of carbonyl (C=O) groups is 1. The van der Waals surface area contributed by atoms with Crippen LogP contribution in [0.25, 0.3) is 5.00 Å². The first kappa shape index (κ1) is 16.0. The lowest BCUT2D eigenvalue weighted by Crippen LogP contribution is -2.16. The Morgan fingerprint density at radius 2 is 2.12 bits per heavy atom. The molecule has 0 unspecified atom stereocenters. The van der Waals surface area contributed by atoms with E-state index in [1.165, 1.54) is 4.88 Å². The number of carbonyl (C=O) groups excluding carboxylic acids is 1. The van der Waals surface area contributed by atoms with E-state index in [2.05, 4.69) is 40.8 Å². The fraction of sp³-hybridized carbons (Fsp3) is 0.333. The van der Waals surface area contributed by atoms with Gasteiger partial charge in [0, 0.05) is 10.6 Å². The third-order valence-corrected chi connectivity index (χ3v) is 5.80. The predicted molar refractivity (Wildman–Crippen MR) is 97.5 cm³/mol. The van der Waals surface area contributed by atoms with Gasteiger partial charge in [0.2, 0.25) is 0 Å². The fourth-order valence-corrected chi connectivity index (χ4v) is 4.64. The maximum atomic E-state index is 13.1. The van der Waals surface area contributed by atoms with Crippen molar-refractivity contribution in [2.45, 2.75) is 39.0 Å². The van der Waals surface area contributed by atoms with Gasteiger partial charge in [0.1, 0.15) is 11.3 Å². The summed E-state index contributed by atoms with van der Waals surface area (Å²) in [6.07, 6.45) is 4.59. The number of aromatic nitrogens is 4. The van der Waals surface area contributed by atoms with E-state index in [1.54, 1.807) is 22.3 Å². The molecule has 0 spiro atoms. The maximum Gasteiger partial charge on any atom is 0.259 e. The molecule has 1 aromatic carbocycles. The highest BCUT2D eigenvalue weighted by Gasteiger charge is 2.28. The molecule has 1 N–H and O–H groups in total. The van der Waals surface area contributed by atoms with E-state index in [0.29, 0.717) is 11.5 Å². The number of aryl methyl sites for hydroxylation is 1. The van der Waals surface area contributed by atoms with Gasteiger partial charge in [-0.2, -0.15) is 4.68 Å². The minimum absolute atomic E-state index is 0.0852. The van der Waals surface area contributed by atoms with Crippen LogP contribution >= 0.6 is 11.3 Å². The topological polar surface area (TPSA) is 72.7 Å². The normalized spacial score (nSPS) is 13.2. The molecule has 1 amide bonds. The number of fused-ring (bicyclic) bond motifs is 1. The summed E-state index contributed by atoms with van der Waals surface area (Å²) in [7, 11) is 0. The number of anilines is 1.